The molecule has 1 saturated carbocycles. The van der Waals surface area contributed by atoms with E-state index in [2.05, 4.69) is 15.6 Å². The molecule has 0 unspecified atom stereocenters. The second-order valence-electron chi connectivity index (χ2n) is 5.56. The zero-order valence-corrected chi connectivity index (χ0v) is 12.0. The largest absolute Gasteiger partial charge is 0.365 e. The van der Waals surface area contributed by atoms with Crippen LogP contribution in [0, 0.1) is 5.41 Å². The van der Waals surface area contributed by atoms with E-state index in [0.29, 0.717) is 5.41 Å². The molecule has 0 bridgehead atoms. The number of hydrogen-bond acceptors (Lipinski definition) is 5. The van der Waals surface area contributed by atoms with Crippen LogP contribution >= 0.6 is 11.8 Å². The van der Waals surface area contributed by atoms with Gasteiger partial charge in [-0.3, -0.25) is 9.67 Å². The van der Waals surface area contributed by atoms with E-state index in [0.717, 1.165) is 31.2 Å². The van der Waals surface area contributed by atoms with Gasteiger partial charge in [-0.1, -0.05) is 29.8 Å². The van der Waals surface area contributed by atoms with E-state index in [1.165, 1.54) is 31.4 Å². The maximum absolute atomic E-state index is 4.73. The first kappa shape index (κ1) is 13.0. The highest BCUT2D eigenvalue weighted by molar-refractivity contribution is 8.13. The van der Waals surface area contributed by atoms with Crippen molar-refractivity contribution in [3.63, 3.8) is 0 Å². The monoisotopic (exact) mass is 279 g/mol. The summed E-state index contributed by atoms with van der Waals surface area (Å²) in [6.45, 7) is 2.90. The van der Waals surface area contributed by atoms with Crippen LogP contribution in [0.15, 0.2) is 17.4 Å². The molecular formula is C13H21N5S. The fraction of sp³-hybridized carbons (Fsp3) is 0.769. The minimum Gasteiger partial charge on any atom is -0.365 e. The Balaban J connectivity index is 1.38. The first-order valence-electron chi connectivity index (χ1n) is 7.12. The standard InChI is InChI=1S/C13H21N5S/c1-2-5-13(4-1)10-15-12(19-11-13)14-6-3-8-18-9-7-16-17-18/h7,9H,1-6,8,10-11H2,(H,14,15). The Morgan fingerprint density at radius 2 is 2.26 bits per heavy atom. The lowest BCUT2D eigenvalue weighted by atomic mass is 9.89. The van der Waals surface area contributed by atoms with Crippen molar-refractivity contribution < 1.29 is 0 Å². The zero-order chi connectivity index (χ0) is 13.0. The SMILES string of the molecule is c1cn(CCCNC2=NCC3(CCCC3)CS2)nn1. The fourth-order valence-electron chi connectivity index (χ4n) is 2.87. The lowest BCUT2D eigenvalue weighted by Crippen LogP contribution is -2.34. The smallest absolute Gasteiger partial charge is 0.156 e. The number of aliphatic imine (C=N–C) groups is 1. The average Bonchev–Trinajstić information content (AvgIpc) is 3.09. The van der Waals surface area contributed by atoms with Gasteiger partial charge in [-0.2, -0.15) is 0 Å². The van der Waals surface area contributed by atoms with Crippen LogP contribution in [0.25, 0.3) is 0 Å². The Hall–Kier alpha value is -1.04. The summed E-state index contributed by atoms with van der Waals surface area (Å²) >= 11 is 1.91. The van der Waals surface area contributed by atoms with Gasteiger partial charge in [0.25, 0.3) is 0 Å². The summed E-state index contributed by atoms with van der Waals surface area (Å²) in [6.07, 6.45) is 10.2. The van der Waals surface area contributed by atoms with Gasteiger partial charge in [0, 0.05) is 31.6 Å². The summed E-state index contributed by atoms with van der Waals surface area (Å²) in [6, 6.07) is 0. The second-order valence-corrected chi connectivity index (χ2v) is 6.53. The van der Waals surface area contributed by atoms with Gasteiger partial charge in [0.05, 0.1) is 6.20 Å². The molecule has 2 heterocycles. The number of aromatic nitrogens is 3. The molecule has 6 heteroatoms. The van der Waals surface area contributed by atoms with Crippen molar-refractivity contribution in [2.24, 2.45) is 10.4 Å². The van der Waals surface area contributed by atoms with Crippen molar-refractivity contribution >= 4 is 16.9 Å². The van der Waals surface area contributed by atoms with Crippen molar-refractivity contribution in [3.8, 4) is 0 Å². The molecule has 0 amide bonds. The van der Waals surface area contributed by atoms with Crippen LogP contribution in [-0.4, -0.2) is 39.0 Å². The molecule has 1 aliphatic carbocycles. The summed E-state index contributed by atoms with van der Waals surface area (Å²) in [7, 11) is 0. The van der Waals surface area contributed by atoms with Crippen LogP contribution in [0.3, 0.4) is 0 Å². The normalized spacial score (nSPS) is 21.6. The van der Waals surface area contributed by atoms with Gasteiger partial charge in [-0.05, 0) is 24.7 Å². The topological polar surface area (TPSA) is 55.1 Å². The van der Waals surface area contributed by atoms with Crippen LogP contribution < -0.4 is 5.32 Å². The summed E-state index contributed by atoms with van der Waals surface area (Å²) < 4.78 is 1.87. The molecule has 104 valence electrons. The maximum atomic E-state index is 4.73. The molecule has 1 fully saturated rings. The zero-order valence-electron chi connectivity index (χ0n) is 11.2. The Bertz CT molecular complexity index is 422. The number of hydrogen-bond donors (Lipinski definition) is 1. The minimum atomic E-state index is 0.538. The lowest BCUT2D eigenvalue weighted by molar-refractivity contribution is 0.358. The van der Waals surface area contributed by atoms with E-state index < -0.39 is 0 Å². The molecule has 1 N–H and O–H groups in total. The highest BCUT2D eigenvalue weighted by Crippen LogP contribution is 2.43. The van der Waals surface area contributed by atoms with E-state index in [1.54, 1.807) is 6.20 Å². The number of nitrogens with one attached hydrogen (secondary N) is 1. The number of aryl methyl sites for hydroxylation is 1. The maximum Gasteiger partial charge on any atom is 0.156 e. The van der Waals surface area contributed by atoms with Crippen LogP contribution in [-0.2, 0) is 6.54 Å². The van der Waals surface area contributed by atoms with E-state index in [9.17, 15) is 0 Å². The molecule has 3 rings (SSSR count). The molecule has 1 spiro atoms. The Labute approximate surface area is 118 Å². The van der Waals surface area contributed by atoms with Crippen LogP contribution in [0.2, 0.25) is 0 Å². The third-order valence-electron chi connectivity index (χ3n) is 4.05. The van der Waals surface area contributed by atoms with Crippen molar-refractivity contribution in [1.82, 2.24) is 20.3 Å². The van der Waals surface area contributed by atoms with Crippen molar-refractivity contribution in [1.29, 1.82) is 0 Å². The van der Waals surface area contributed by atoms with Gasteiger partial charge in [0.1, 0.15) is 0 Å². The fourth-order valence-corrected chi connectivity index (χ4v) is 4.06. The number of nitrogens with zero attached hydrogens (tertiary/aromatic N) is 4. The number of thioether (sulfide) groups is 1. The molecule has 0 saturated heterocycles. The molecule has 0 aromatic carbocycles. The van der Waals surface area contributed by atoms with E-state index in [4.69, 9.17) is 4.99 Å². The quantitative estimate of drug-likeness (QED) is 0.856. The second kappa shape index (κ2) is 5.94. The van der Waals surface area contributed by atoms with Crippen LogP contribution in [0.4, 0.5) is 0 Å². The predicted octanol–water partition coefficient (Wildman–Crippen LogP) is 1.92. The van der Waals surface area contributed by atoms with E-state index in [-0.39, 0.29) is 0 Å². The first-order valence-corrected chi connectivity index (χ1v) is 8.10. The molecule has 1 aliphatic heterocycles. The van der Waals surface area contributed by atoms with Crippen LogP contribution in [0.5, 0.6) is 0 Å². The summed E-state index contributed by atoms with van der Waals surface area (Å²) in [5.74, 6) is 1.25. The lowest BCUT2D eigenvalue weighted by Gasteiger charge is -2.31. The van der Waals surface area contributed by atoms with Gasteiger partial charge in [-0.25, -0.2) is 0 Å². The third kappa shape index (κ3) is 3.29. The van der Waals surface area contributed by atoms with Gasteiger partial charge >= 0.3 is 0 Å². The predicted molar refractivity (Wildman–Crippen MR) is 78.3 cm³/mol. The highest BCUT2D eigenvalue weighted by atomic mass is 32.2. The van der Waals surface area contributed by atoms with Gasteiger partial charge in [0.15, 0.2) is 5.17 Å². The molecule has 0 atom stereocenters. The third-order valence-corrected chi connectivity index (χ3v) is 5.35. The van der Waals surface area contributed by atoms with Gasteiger partial charge in [-0.15, -0.1) is 5.10 Å². The number of rotatable bonds is 4. The highest BCUT2D eigenvalue weighted by Gasteiger charge is 2.36. The first-order chi connectivity index (χ1) is 9.36. The Morgan fingerprint density at radius 1 is 1.37 bits per heavy atom. The molecular weight excluding hydrogens is 258 g/mol. The van der Waals surface area contributed by atoms with Crippen molar-refractivity contribution in [2.45, 2.75) is 38.6 Å². The molecule has 1 aromatic rings. The van der Waals surface area contributed by atoms with Crippen molar-refractivity contribution in [2.75, 3.05) is 18.8 Å². The van der Waals surface area contributed by atoms with Gasteiger partial charge in [0.2, 0.25) is 0 Å². The molecule has 1 aromatic heterocycles. The summed E-state index contributed by atoms with van der Waals surface area (Å²) in [4.78, 5) is 4.73. The Morgan fingerprint density at radius 3 is 2.95 bits per heavy atom. The van der Waals surface area contributed by atoms with E-state index in [1.807, 2.05) is 22.6 Å². The summed E-state index contributed by atoms with van der Waals surface area (Å²) in [5, 5.41) is 12.3. The molecule has 2 aliphatic rings. The Kier molecular flexibility index (Phi) is 4.06. The number of amidine groups is 1. The molecule has 19 heavy (non-hydrogen) atoms. The van der Waals surface area contributed by atoms with Crippen LogP contribution in [0.1, 0.15) is 32.1 Å². The van der Waals surface area contributed by atoms with Gasteiger partial charge < -0.3 is 5.32 Å². The summed E-state index contributed by atoms with van der Waals surface area (Å²) in [5.41, 5.74) is 0.538. The minimum absolute atomic E-state index is 0.538. The molecule has 5 nitrogen and oxygen atoms in total. The average molecular weight is 279 g/mol. The molecule has 0 radical (unpaired) electrons. The van der Waals surface area contributed by atoms with Crippen molar-refractivity contribution in [3.05, 3.63) is 12.4 Å². The van der Waals surface area contributed by atoms with E-state index >= 15 is 0 Å².